The number of likely N-dealkylation sites (tertiary alicyclic amines) is 1. The van der Waals surface area contributed by atoms with Crippen LogP contribution in [0, 0.1) is 0 Å². The molecule has 0 bridgehead atoms. The van der Waals surface area contributed by atoms with Gasteiger partial charge in [-0.1, -0.05) is 13.8 Å². The number of rotatable bonds is 5. The van der Waals surface area contributed by atoms with Crippen molar-refractivity contribution in [3.63, 3.8) is 0 Å². The van der Waals surface area contributed by atoms with Gasteiger partial charge in [0.05, 0.1) is 6.20 Å². The van der Waals surface area contributed by atoms with E-state index < -0.39 is 0 Å². The van der Waals surface area contributed by atoms with Crippen molar-refractivity contribution in [1.82, 2.24) is 15.2 Å². The van der Waals surface area contributed by atoms with E-state index in [1.807, 2.05) is 18.5 Å². The largest absolute Gasteiger partial charge is 0.488 e. The average molecular weight is 263 g/mol. The summed E-state index contributed by atoms with van der Waals surface area (Å²) in [6.07, 6.45) is 6.21. The number of nitrogens with zero attached hydrogens (tertiary/aromatic N) is 2. The summed E-state index contributed by atoms with van der Waals surface area (Å²) in [5, 5.41) is 3.43. The zero-order chi connectivity index (χ0) is 13.7. The van der Waals surface area contributed by atoms with Crippen LogP contribution in [0.5, 0.6) is 5.75 Å². The Labute approximate surface area is 116 Å². The first-order chi connectivity index (χ1) is 9.15. The van der Waals surface area contributed by atoms with Crippen molar-refractivity contribution < 1.29 is 4.74 Å². The maximum Gasteiger partial charge on any atom is 0.142 e. The molecule has 0 spiro atoms. The highest BCUT2D eigenvalue weighted by molar-refractivity contribution is 5.30. The number of hydrogen-bond donors (Lipinski definition) is 1. The van der Waals surface area contributed by atoms with Gasteiger partial charge in [-0.2, -0.15) is 0 Å². The fourth-order valence-corrected chi connectivity index (χ4v) is 2.26. The van der Waals surface area contributed by atoms with E-state index >= 15 is 0 Å². The highest BCUT2D eigenvalue weighted by atomic mass is 16.5. The van der Waals surface area contributed by atoms with E-state index in [1.54, 1.807) is 0 Å². The number of pyridine rings is 1. The molecule has 0 aliphatic carbocycles. The molecule has 0 radical (unpaired) electrons. The number of nitrogens with one attached hydrogen (secondary N) is 1. The Morgan fingerprint density at radius 2 is 2.16 bits per heavy atom. The summed E-state index contributed by atoms with van der Waals surface area (Å²) in [5.74, 6) is 0.935. The summed E-state index contributed by atoms with van der Waals surface area (Å²) in [4.78, 5) is 6.54. The monoisotopic (exact) mass is 263 g/mol. The molecule has 0 amide bonds. The molecule has 0 aromatic carbocycles. The maximum absolute atomic E-state index is 6.14. The molecular formula is C15H25N3O. The molecule has 1 aromatic heterocycles. The molecule has 4 heteroatoms. The molecular weight excluding hydrogens is 238 g/mol. The van der Waals surface area contributed by atoms with Crippen LogP contribution in [0.2, 0.25) is 0 Å². The van der Waals surface area contributed by atoms with Gasteiger partial charge in [0.2, 0.25) is 0 Å². The van der Waals surface area contributed by atoms with Crippen molar-refractivity contribution in [2.75, 3.05) is 20.1 Å². The lowest BCUT2D eigenvalue weighted by Gasteiger charge is -2.29. The Hall–Kier alpha value is -1.13. The molecule has 0 saturated carbocycles. The van der Waals surface area contributed by atoms with E-state index in [9.17, 15) is 0 Å². The molecule has 1 saturated heterocycles. The summed E-state index contributed by atoms with van der Waals surface area (Å²) in [6, 6.07) is 2.52. The fourth-order valence-electron chi connectivity index (χ4n) is 2.26. The van der Waals surface area contributed by atoms with E-state index in [4.69, 9.17) is 4.74 Å². The molecule has 106 valence electrons. The fraction of sp³-hybridized carbons (Fsp3) is 0.667. The Morgan fingerprint density at radius 1 is 1.42 bits per heavy atom. The summed E-state index contributed by atoms with van der Waals surface area (Å²) in [7, 11) is 2.16. The zero-order valence-corrected chi connectivity index (χ0v) is 12.2. The third kappa shape index (κ3) is 4.48. The van der Waals surface area contributed by atoms with Crippen molar-refractivity contribution in [3.05, 3.63) is 24.0 Å². The molecule has 0 atom stereocenters. The van der Waals surface area contributed by atoms with Crippen LogP contribution < -0.4 is 10.1 Å². The first kappa shape index (κ1) is 14.3. The topological polar surface area (TPSA) is 37.4 Å². The minimum Gasteiger partial charge on any atom is -0.488 e. The highest BCUT2D eigenvalue weighted by Gasteiger charge is 2.19. The van der Waals surface area contributed by atoms with Crippen LogP contribution in [0.4, 0.5) is 0 Å². The third-order valence-corrected chi connectivity index (χ3v) is 3.53. The molecule has 1 aliphatic heterocycles. The summed E-state index contributed by atoms with van der Waals surface area (Å²) in [5.41, 5.74) is 1.20. The zero-order valence-electron chi connectivity index (χ0n) is 12.2. The molecule has 2 heterocycles. The molecule has 1 N–H and O–H groups in total. The van der Waals surface area contributed by atoms with Crippen molar-refractivity contribution in [2.45, 2.75) is 45.4 Å². The predicted octanol–water partition coefficient (Wildman–Crippen LogP) is 2.05. The van der Waals surface area contributed by atoms with E-state index in [1.165, 1.54) is 5.56 Å². The second-order valence-electron chi connectivity index (χ2n) is 5.64. The lowest BCUT2D eigenvalue weighted by atomic mass is 10.1. The third-order valence-electron chi connectivity index (χ3n) is 3.53. The van der Waals surface area contributed by atoms with E-state index in [0.717, 1.165) is 38.2 Å². The van der Waals surface area contributed by atoms with Gasteiger partial charge in [0, 0.05) is 37.4 Å². The lowest BCUT2D eigenvalue weighted by molar-refractivity contribution is 0.113. The number of piperidine rings is 1. The predicted molar refractivity (Wildman–Crippen MR) is 77.4 cm³/mol. The van der Waals surface area contributed by atoms with Gasteiger partial charge in [0.15, 0.2) is 0 Å². The average Bonchev–Trinajstić information content (AvgIpc) is 2.40. The molecule has 19 heavy (non-hydrogen) atoms. The highest BCUT2D eigenvalue weighted by Crippen LogP contribution is 2.21. The summed E-state index contributed by atoms with van der Waals surface area (Å²) >= 11 is 0. The molecule has 2 rings (SSSR count). The van der Waals surface area contributed by atoms with Crippen molar-refractivity contribution in [3.8, 4) is 5.75 Å². The Balaban J connectivity index is 1.95. The van der Waals surface area contributed by atoms with Gasteiger partial charge in [-0.05, 0) is 26.0 Å². The van der Waals surface area contributed by atoms with Gasteiger partial charge in [-0.15, -0.1) is 0 Å². The van der Waals surface area contributed by atoms with Crippen LogP contribution in [-0.2, 0) is 6.54 Å². The molecule has 1 fully saturated rings. The molecule has 0 unspecified atom stereocenters. The Bertz CT molecular complexity index is 387. The number of hydrogen-bond acceptors (Lipinski definition) is 4. The van der Waals surface area contributed by atoms with E-state index in [-0.39, 0.29) is 0 Å². The van der Waals surface area contributed by atoms with Crippen LogP contribution >= 0.6 is 0 Å². The minimum atomic E-state index is 0.332. The maximum atomic E-state index is 6.14. The second-order valence-corrected chi connectivity index (χ2v) is 5.64. The molecule has 1 aliphatic rings. The molecule has 1 aromatic rings. The van der Waals surface area contributed by atoms with Crippen LogP contribution in [0.25, 0.3) is 0 Å². The number of aromatic nitrogens is 1. The SMILES string of the molecule is CC(C)NCc1ccncc1OC1CCN(C)CC1. The van der Waals surface area contributed by atoms with Gasteiger partial charge in [0.25, 0.3) is 0 Å². The Kier molecular flexibility index (Phi) is 5.16. The first-order valence-electron chi connectivity index (χ1n) is 7.16. The van der Waals surface area contributed by atoms with Gasteiger partial charge >= 0.3 is 0 Å². The van der Waals surface area contributed by atoms with E-state index in [0.29, 0.717) is 12.1 Å². The quantitative estimate of drug-likeness (QED) is 0.882. The normalized spacial score (nSPS) is 17.9. The van der Waals surface area contributed by atoms with Crippen LogP contribution in [-0.4, -0.2) is 42.2 Å². The second kappa shape index (κ2) is 6.87. The van der Waals surface area contributed by atoms with Crippen LogP contribution in [0.3, 0.4) is 0 Å². The smallest absolute Gasteiger partial charge is 0.142 e. The first-order valence-corrected chi connectivity index (χ1v) is 7.16. The van der Waals surface area contributed by atoms with Gasteiger partial charge < -0.3 is 15.0 Å². The lowest BCUT2D eigenvalue weighted by Crippen LogP contribution is -2.36. The number of ether oxygens (including phenoxy) is 1. The van der Waals surface area contributed by atoms with Crippen LogP contribution in [0.15, 0.2) is 18.5 Å². The van der Waals surface area contributed by atoms with Crippen molar-refractivity contribution in [1.29, 1.82) is 0 Å². The minimum absolute atomic E-state index is 0.332. The van der Waals surface area contributed by atoms with E-state index in [2.05, 4.69) is 36.1 Å². The van der Waals surface area contributed by atoms with Crippen molar-refractivity contribution in [2.24, 2.45) is 0 Å². The van der Waals surface area contributed by atoms with Gasteiger partial charge in [-0.3, -0.25) is 4.98 Å². The summed E-state index contributed by atoms with van der Waals surface area (Å²) < 4.78 is 6.14. The van der Waals surface area contributed by atoms with Gasteiger partial charge in [0.1, 0.15) is 11.9 Å². The van der Waals surface area contributed by atoms with Gasteiger partial charge in [-0.25, -0.2) is 0 Å². The Morgan fingerprint density at radius 3 is 2.84 bits per heavy atom. The van der Waals surface area contributed by atoms with Crippen LogP contribution in [0.1, 0.15) is 32.3 Å². The standard InChI is InChI=1S/C15H25N3O/c1-12(2)17-10-13-4-7-16-11-15(13)19-14-5-8-18(3)9-6-14/h4,7,11-12,14,17H,5-6,8-10H2,1-3H3. The summed E-state index contributed by atoms with van der Waals surface area (Å²) in [6.45, 7) is 7.37. The molecule has 4 nitrogen and oxygen atoms in total. The van der Waals surface area contributed by atoms with Crippen molar-refractivity contribution >= 4 is 0 Å².